The second kappa shape index (κ2) is 14.5. The fourth-order valence-corrected chi connectivity index (χ4v) is 5.66. The lowest BCUT2D eigenvalue weighted by Gasteiger charge is -2.32. The molecule has 1 saturated carbocycles. The predicted octanol–water partition coefficient (Wildman–Crippen LogP) is 2.95. The summed E-state index contributed by atoms with van der Waals surface area (Å²) in [5.74, 6) is 0.728. The van der Waals surface area contributed by atoms with Gasteiger partial charge in [0.25, 0.3) is 5.91 Å². The number of fused-ring (bicyclic) bond motifs is 2. The Morgan fingerprint density at radius 3 is 2.80 bits per heavy atom. The third-order valence-corrected chi connectivity index (χ3v) is 7.99. The van der Waals surface area contributed by atoms with E-state index in [1.54, 1.807) is 20.1 Å². The summed E-state index contributed by atoms with van der Waals surface area (Å²) in [6, 6.07) is 5.49. The van der Waals surface area contributed by atoms with Gasteiger partial charge in [-0.1, -0.05) is 18.9 Å². The van der Waals surface area contributed by atoms with Gasteiger partial charge in [-0.3, -0.25) is 19.3 Å². The summed E-state index contributed by atoms with van der Waals surface area (Å²) in [5, 5.41) is 7.99. The van der Waals surface area contributed by atoms with Crippen LogP contribution >= 0.6 is 11.5 Å². The van der Waals surface area contributed by atoms with Crippen LogP contribution in [0.15, 0.2) is 29.8 Å². The molecule has 0 saturated heterocycles. The number of ether oxygens (including phenoxy) is 3. The fourth-order valence-electron chi connectivity index (χ4n) is 5.13. The zero-order valence-corrected chi connectivity index (χ0v) is 24.2. The van der Waals surface area contributed by atoms with Crippen molar-refractivity contribution in [2.45, 2.75) is 52.0 Å². The first-order valence-electron chi connectivity index (χ1n) is 14.0. The van der Waals surface area contributed by atoms with Gasteiger partial charge in [-0.05, 0) is 73.4 Å². The second-order valence-electron chi connectivity index (χ2n) is 10.6. The highest BCUT2D eigenvalue weighted by Crippen LogP contribution is 2.43. The molecule has 4 rings (SSSR count). The smallest absolute Gasteiger partial charge is 0.314 e. The van der Waals surface area contributed by atoms with E-state index >= 15 is 0 Å². The Labute approximate surface area is 239 Å². The van der Waals surface area contributed by atoms with Crippen LogP contribution in [0.4, 0.5) is 0 Å². The van der Waals surface area contributed by atoms with Crippen LogP contribution in [0.1, 0.15) is 50.2 Å². The summed E-state index contributed by atoms with van der Waals surface area (Å²) in [4.78, 5) is 41.3. The normalized spacial score (nSPS) is 21.8. The molecular weight excluding hydrogens is 532 g/mol. The minimum atomic E-state index is -0.903. The Bertz CT molecular complexity index is 1140. The molecule has 218 valence electrons. The molecule has 2 aliphatic rings. The largest absolute Gasteiger partial charge is 0.493 e. The van der Waals surface area contributed by atoms with Crippen LogP contribution < -0.4 is 20.1 Å². The number of carbonyl (C=O) groups excluding carboxylic acids is 3. The maximum atomic E-state index is 13.5. The van der Waals surface area contributed by atoms with E-state index in [0.29, 0.717) is 69.3 Å². The van der Waals surface area contributed by atoms with Crippen LogP contribution in [-0.2, 0) is 32.1 Å². The summed E-state index contributed by atoms with van der Waals surface area (Å²) < 4.78 is 21.1. The second-order valence-corrected chi connectivity index (χ2v) is 11.3. The standard InChI is InChI=1S/C29H40N4O6S/c1-3-38-28(36)29(14-21-6-7-21)15-22-8-9-24(37-2)25(13-22)39-18-27(35)30-10-12-33(17-23-16-32-40-19-23)11-4-5-26(34)31-20-29/h8-9,13,16,19,21H,3-7,10-12,14-15,17-18,20H2,1-2H3,(H,30,35)(H,31,34). The topological polar surface area (TPSA) is 119 Å². The van der Waals surface area contributed by atoms with Crippen LogP contribution in [0.2, 0.25) is 0 Å². The Morgan fingerprint density at radius 2 is 2.08 bits per heavy atom. The quantitative estimate of drug-likeness (QED) is 0.486. The van der Waals surface area contributed by atoms with Gasteiger partial charge in [0.15, 0.2) is 18.1 Å². The van der Waals surface area contributed by atoms with Crippen molar-refractivity contribution in [1.29, 1.82) is 0 Å². The van der Waals surface area contributed by atoms with Gasteiger partial charge in [-0.15, -0.1) is 0 Å². The molecule has 2 bridgehead atoms. The molecule has 2 heterocycles. The Kier molecular flexibility index (Phi) is 10.8. The number of carbonyl (C=O) groups is 3. The molecule has 1 aliphatic carbocycles. The van der Waals surface area contributed by atoms with Crippen molar-refractivity contribution in [3.05, 3.63) is 40.9 Å². The molecule has 1 aliphatic heterocycles. The molecule has 2 amide bonds. The number of esters is 1. The molecule has 1 aromatic carbocycles. The summed E-state index contributed by atoms with van der Waals surface area (Å²) in [7, 11) is 1.55. The number of hydrogen-bond acceptors (Lipinski definition) is 9. The Balaban J connectivity index is 1.58. The van der Waals surface area contributed by atoms with Crippen molar-refractivity contribution in [3.8, 4) is 11.5 Å². The number of amides is 2. The van der Waals surface area contributed by atoms with E-state index in [9.17, 15) is 14.4 Å². The number of hydrogen-bond donors (Lipinski definition) is 2. The molecule has 1 aromatic heterocycles. The summed E-state index contributed by atoms with van der Waals surface area (Å²) >= 11 is 1.40. The number of nitrogens with zero attached hydrogens (tertiary/aromatic N) is 2. The zero-order valence-electron chi connectivity index (χ0n) is 23.4. The van der Waals surface area contributed by atoms with Gasteiger partial charge in [-0.2, -0.15) is 0 Å². The molecule has 1 fully saturated rings. The molecule has 0 spiro atoms. The highest BCUT2D eigenvalue weighted by atomic mass is 32.1. The highest BCUT2D eigenvalue weighted by Gasteiger charge is 2.44. The van der Waals surface area contributed by atoms with Gasteiger partial charge < -0.3 is 24.8 Å². The molecule has 1 atom stereocenters. The Hall–Kier alpha value is -3.18. The average Bonchev–Trinajstić information content (AvgIpc) is 3.60. The molecule has 2 N–H and O–H groups in total. The van der Waals surface area contributed by atoms with Crippen LogP contribution in [0.25, 0.3) is 0 Å². The van der Waals surface area contributed by atoms with Crippen LogP contribution in [0.5, 0.6) is 11.5 Å². The van der Waals surface area contributed by atoms with Gasteiger partial charge >= 0.3 is 5.97 Å². The van der Waals surface area contributed by atoms with E-state index < -0.39 is 5.41 Å². The van der Waals surface area contributed by atoms with E-state index in [-0.39, 0.29) is 37.5 Å². The third-order valence-electron chi connectivity index (χ3n) is 7.36. The maximum absolute atomic E-state index is 13.5. The Morgan fingerprint density at radius 1 is 1.23 bits per heavy atom. The summed E-state index contributed by atoms with van der Waals surface area (Å²) in [5.41, 5.74) is 1.04. The van der Waals surface area contributed by atoms with Crippen molar-refractivity contribution in [2.75, 3.05) is 46.5 Å². The number of methoxy groups -OCH3 is 1. The number of benzene rings is 1. The molecule has 40 heavy (non-hydrogen) atoms. The molecular formula is C29H40N4O6S. The van der Waals surface area contributed by atoms with Gasteiger partial charge in [0.1, 0.15) is 0 Å². The maximum Gasteiger partial charge on any atom is 0.314 e. The SMILES string of the molecule is CCOC(=O)C1(CC2CC2)CNC(=O)CCCN(Cc2cnsc2)CCNC(=O)COc2cc(ccc2OC)C1. The first-order valence-corrected chi connectivity index (χ1v) is 14.9. The summed E-state index contributed by atoms with van der Waals surface area (Å²) in [6.07, 6.45) is 5.97. The minimum absolute atomic E-state index is 0.0882. The van der Waals surface area contributed by atoms with Crippen molar-refractivity contribution in [2.24, 2.45) is 11.3 Å². The van der Waals surface area contributed by atoms with Gasteiger partial charge in [0.05, 0.1) is 19.1 Å². The molecule has 10 nitrogen and oxygen atoms in total. The predicted molar refractivity (Wildman–Crippen MR) is 151 cm³/mol. The highest BCUT2D eigenvalue weighted by molar-refractivity contribution is 7.03. The van der Waals surface area contributed by atoms with Crippen LogP contribution in [0, 0.1) is 11.3 Å². The number of aromatic nitrogens is 1. The van der Waals surface area contributed by atoms with Crippen molar-refractivity contribution in [3.63, 3.8) is 0 Å². The molecule has 0 radical (unpaired) electrons. The lowest BCUT2D eigenvalue weighted by atomic mass is 9.76. The zero-order chi connectivity index (χ0) is 28.4. The van der Waals surface area contributed by atoms with E-state index in [1.165, 1.54) is 11.5 Å². The van der Waals surface area contributed by atoms with Gasteiger partial charge in [0.2, 0.25) is 5.91 Å². The molecule has 2 aromatic rings. The van der Waals surface area contributed by atoms with E-state index in [1.807, 2.05) is 23.7 Å². The lowest BCUT2D eigenvalue weighted by molar-refractivity contribution is -0.156. The molecule has 1 unspecified atom stereocenters. The van der Waals surface area contributed by atoms with Crippen molar-refractivity contribution in [1.82, 2.24) is 19.9 Å². The van der Waals surface area contributed by atoms with Crippen LogP contribution in [-0.4, -0.2) is 73.6 Å². The van der Waals surface area contributed by atoms with Gasteiger partial charge in [0, 0.05) is 44.2 Å². The van der Waals surface area contributed by atoms with Gasteiger partial charge in [-0.25, -0.2) is 4.37 Å². The number of nitrogens with one attached hydrogen (secondary N) is 2. The van der Waals surface area contributed by atoms with E-state index in [0.717, 1.165) is 24.0 Å². The monoisotopic (exact) mass is 572 g/mol. The van der Waals surface area contributed by atoms with Crippen molar-refractivity contribution < 1.29 is 28.6 Å². The molecule has 11 heteroatoms. The van der Waals surface area contributed by atoms with E-state index in [4.69, 9.17) is 14.2 Å². The van der Waals surface area contributed by atoms with Crippen molar-refractivity contribution >= 4 is 29.3 Å². The van der Waals surface area contributed by atoms with E-state index in [2.05, 4.69) is 19.9 Å². The van der Waals surface area contributed by atoms with Crippen LogP contribution in [0.3, 0.4) is 0 Å². The average molecular weight is 573 g/mol. The minimum Gasteiger partial charge on any atom is -0.493 e. The first-order chi connectivity index (χ1) is 19.4. The third kappa shape index (κ3) is 8.66. The number of rotatable bonds is 7. The fraction of sp³-hybridized carbons (Fsp3) is 0.586. The lowest BCUT2D eigenvalue weighted by Crippen LogP contribution is -2.46. The summed E-state index contributed by atoms with van der Waals surface area (Å²) in [6.45, 7) is 4.54. The first kappa shape index (κ1) is 29.8.